The number of ether oxygens (including phenoxy) is 1. The second-order valence-corrected chi connectivity index (χ2v) is 11.9. The normalized spacial score (nSPS) is 12.9. The zero-order valence-corrected chi connectivity index (χ0v) is 24.9. The lowest BCUT2D eigenvalue weighted by Gasteiger charge is -2.32. The van der Waals surface area contributed by atoms with Gasteiger partial charge in [-0.05, 0) is 68.1 Å². The van der Waals surface area contributed by atoms with Gasteiger partial charge < -0.3 is 15.0 Å². The highest BCUT2D eigenvalue weighted by Gasteiger charge is 2.29. The number of hydrogen-bond acceptors (Lipinski definition) is 5. The molecule has 0 aliphatic heterocycles. The van der Waals surface area contributed by atoms with Crippen molar-refractivity contribution in [3.63, 3.8) is 0 Å². The Morgan fingerprint density at radius 2 is 1.68 bits per heavy atom. The van der Waals surface area contributed by atoms with Crippen LogP contribution < -0.4 is 14.4 Å². The number of benzene rings is 2. The van der Waals surface area contributed by atoms with E-state index in [-0.39, 0.29) is 43.8 Å². The van der Waals surface area contributed by atoms with Crippen LogP contribution in [0.15, 0.2) is 42.5 Å². The van der Waals surface area contributed by atoms with E-state index >= 15 is 0 Å². The molecule has 2 aromatic rings. The van der Waals surface area contributed by atoms with Crippen LogP contribution in [0.4, 0.5) is 5.69 Å². The summed E-state index contributed by atoms with van der Waals surface area (Å²) >= 11 is 12.3. The number of amides is 2. The fourth-order valence-corrected chi connectivity index (χ4v) is 5.23. The summed E-state index contributed by atoms with van der Waals surface area (Å²) in [6.45, 7) is 6.00. The third-order valence-electron chi connectivity index (χ3n) is 6.24. The van der Waals surface area contributed by atoms with E-state index in [1.165, 1.54) is 16.3 Å². The summed E-state index contributed by atoms with van der Waals surface area (Å²) in [4.78, 5) is 28.2. The average Bonchev–Trinajstić information content (AvgIpc) is 2.87. The molecular weight excluding hydrogens is 549 g/mol. The largest absolute Gasteiger partial charge is 0.497 e. The number of carbonyl (C=O) groups excluding carboxylic acids is 2. The molecule has 0 unspecified atom stereocenters. The molecule has 0 radical (unpaired) electrons. The minimum Gasteiger partial charge on any atom is -0.497 e. The summed E-state index contributed by atoms with van der Waals surface area (Å²) in [6.07, 6.45) is 2.62. The van der Waals surface area contributed by atoms with Gasteiger partial charge >= 0.3 is 0 Å². The molecule has 2 amide bonds. The van der Waals surface area contributed by atoms with Crippen molar-refractivity contribution in [1.29, 1.82) is 0 Å². The van der Waals surface area contributed by atoms with Crippen LogP contribution in [0.3, 0.4) is 0 Å². The van der Waals surface area contributed by atoms with Crippen molar-refractivity contribution in [1.82, 2.24) is 10.2 Å². The second kappa shape index (κ2) is 14.6. The maximum atomic E-state index is 13.5. The van der Waals surface area contributed by atoms with Crippen LogP contribution in [-0.2, 0) is 26.2 Å². The van der Waals surface area contributed by atoms with Crippen LogP contribution in [0.5, 0.6) is 5.75 Å². The van der Waals surface area contributed by atoms with E-state index < -0.39 is 16.1 Å². The van der Waals surface area contributed by atoms with E-state index in [1.54, 1.807) is 42.5 Å². The molecule has 11 heteroatoms. The van der Waals surface area contributed by atoms with Gasteiger partial charge in [0.05, 0.1) is 29.1 Å². The number of nitrogens with one attached hydrogen (secondary N) is 1. The lowest BCUT2D eigenvalue weighted by molar-refractivity contribution is -0.141. The number of carbonyl (C=O) groups is 2. The highest BCUT2D eigenvalue weighted by molar-refractivity contribution is 7.92. The Kier molecular flexibility index (Phi) is 12.2. The van der Waals surface area contributed by atoms with Crippen LogP contribution in [0.1, 0.15) is 52.0 Å². The Morgan fingerprint density at radius 3 is 2.21 bits per heavy atom. The van der Waals surface area contributed by atoms with Crippen LogP contribution in [0, 0.1) is 0 Å². The third-order valence-corrected chi connectivity index (χ3v) is 8.17. The number of anilines is 1. The smallest absolute Gasteiger partial charge is 0.243 e. The van der Waals surface area contributed by atoms with Crippen molar-refractivity contribution in [2.75, 3.05) is 24.2 Å². The third kappa shape index (κ3) is 9.06. The van der Waals surface area contributed by atoms with Crippen molar-refractivity contribution in [2.45, 2.75) is 65.1 Å². The van der Waals surface area contributed by atoms with Gasteiger partial charge in [0, 0.05) is 25.6 Å². The van der Waals surface area contributed by atoms with E-state index in [4.69, 9.17) is 27.9 Å². The first-order valence-corrected chi connectivity index (χ1v) is 15.2. The molecule has 38 heavy (non-hydrogen) atoms. The Labute approximate surface area is 236 Å². The standard InChI is InChI=1S/C27H37Cl2N3O5S/c1-6-19(3)30-27(34)25(7-2)31(18-20-10-15-23(28)24(29)17-20)26(33)9-8-16-32(38(5,35)36)21-11-13-22(37-4)14-12-21/h10-15,17,19,25H,6-9,16,18H2,1-5H3,(H,30,34)/t19-,25-/m0/s1. The predicted molar refractivity (Wildman–Crippen MR) is 153 cm³/mol. The molecule has 0 fully saturated rings. The first-order chi connectivity index (χ1) is 17.9. The van der Waals surface area contributed by atoms with Crippen LogP contribution in [-0.4, -0.2) is 57.1 Å². The van der Waals surface area contributed by atoms with Gasteiger partial charge in [0.15, 0.2) is 0 Å². The van der Waals surface area contributed by atoms with Gasteiger partial charge in [-0.1, -0.05) is 43.1 Å². The number of nitrogens with zero attached hydrogens (tertiary/aromatic N) is 2. The molecule has 2 rings (SSSR count). The second-order valence-electron chi connectivity index (χ2n) is 9.15. The number of methoxy groups -OCH3 is 1. The highest BCUT2D eigenvalue weighted by Crippen LogP contribution is 2.25. The van der Waals surface area contributed by atoms with E-state index in [1.807, 2.05) is 20.8 Å². The lowest BCUT2D eigenvalue weighted by Crippen LogP contribution is -2.50. The summed E-state index contributed by atoms with van der Waals surface area (Å²) in [5.74, 6) is 0.119. The van der Waals surface area contributed by atoms with Crippen LogP contribution in [0.25, 0.3) is 0 Å². The van der Waals surface area contributed by atoms with Gasteiger partial charge in [-0.2, -0.15) is 0 Å². The van der Waals surface area contributed by atoms with Gasteiger partial charge in [0.1, 0.15) is 11.8 Å². The molecule has 0 heterocycles. The molecule has 0 aliphatic rings. The predicted octanol–water partition coefficient (Wildman–Crippen LogP) is 5.27. The van der Waals surface area contributed by atoms with Crippen molar-refractivity contribution >= 4 is 50.7 Å². The molecule has 0 saturated carbocycles. The molecular formula is C27H37Cl2N3O5S. The SMILES string of the molecule is CC[C@H](C)NC(=O)[C@H](CC)N(Cc1ccc(Cl)c(Cl)c1)C(=O)CCCN(c1ccc(OC)cc1)S(C)(=O)=O. The molecule has 0 aliphatic carbocycles. The first kappa shape index (κ1) is 31.7. The topological polar surface area (TPSA) is 96.0 Å². The van der Waals surface area contributed by atoms with Crippen LogP contribution >= 0.6 is 23.2 Å². The van der Waals surface area contributed by atoms with E-state index in [2.05, 4.69) is 5.32 Å². The maximum Gasteiger partial charge on any atom is 0.243 e. The zero-order chi connectivity index (χ0) is 28.5. The zero-order valence-electron chi connectivity index (χ0n) is 22.5. The molecule has 0 spiro atoms. The molecule has 2 aromatic carbocycles. The van der Waals surface area contributed by atoms with Crippen molar-refractivity contribution in [2.24, 2.45) is 0 Å². The molecule has 0 saturated heterocycles. The molecule has 0 bridgehead atoms. The quantitative estimate of drug-likeness (QED) is 0.326. The van der Waals surface area contributed by atoms with Gasteiger partial charge in [-0.25, -0.2) is 8.42 Å². The Morgan fingerprint density at radius 1 is 1.03 bits per heavy atom. The molecule has 8 nitrogen and oxygen atoms in total. The van der Waals surface area contributed by atoms with E-state index in [0.29, 0.717) is 27.9 Å². The monoisotopic (exact) mass is 585 g/mol. The first-order valence-electron chi connectivity index (χ1n) is 12.6. The Bertz CT molecular complexity index is 1190. The van der Waals surface area contributed by atoms with Crippen molar-refractivity contribution < 1.29 is 22.7 Å². The summed E-state index contributed by atoms with van der Waals surface area (Å²) in [7, 11) is -2.05. The lowest BCUT2D eigenvalue weighted by atomic mass is 10.1. The fourth-order valence-electron chi connectivity index (χ4n) is 3.95. The average molecular weight is 587 g/mol. The molecule has 2 atom stereocenters. The summed E-state index contributed by atoms with van der Waals surface area (Å²) in [6, 6.07) is 11.0. The fraction of sp³-hybridized carbons (Fsp3) is 0.481. The number of hydrogen-bond donors (Lipinski definition) is 1. The Balaban J connectivity index is 2.24. The Hall–Kier alpha value is -2.49. The molecule has 1 N–H and O–H groups in total. The van der Waals surface area contributed by atoms with Crippen molar-refractivity contribution in [3.8, 4) is 5.75 Å². The van der Waals surface area contributed by atoms with Crippen molar-refractivity contribution in [3.05, 3.63) is 58.1 Å². The van der Waals surface area contributed by atoms with Gasteiger partial charge in [0.25, 0.3) is 0 Å². The molecule has 210 valence electrons. The number of rotatable bonds is 14. The van der Waals surface area contributed by atoms with Crippen LogP contribution in [0.2, 0.25) is 10.0 Å². The van der Waals surface area contributed by atoms with Gasteiger partial charge in [-0.3, -0.25) is 13.9 Å². The van der Waals surface area contributed by atoms with Gasteiger partial charge in [-0.15, -0.1) is 0 Å². The minimum atomic E-state index is -3.59. The number of sulfonamides is 1. The summed E-state index contributed by atoms with van der Waals surface area (Å²) in [5.41, 5.74) is 1.21. The highest BCUT2D eigenvalue weighted by atomic mass is 35.5. The summed E-state index contributed by atoms with van der Waals surface area (Å²) < 4.78 is 31.4. The van der Waals surface area contributed by atoms with Gasteiger partial charge in [0.2, 0.25) is 21.8 Å². The minimum absolute atomic E-state index is 0.0358. The maximum absolute atomic E-state index is 13.5. The molecule has 0 aromatic heterocycles. The van der Waals surface area contributed by atoms with E-state index in [0.717, 1.165) is 18.2 Å². The summed E-state index contributed by atoms with van der Waals surface area (Å²) in [5, 5.41) is 3.73. The number of halogens is 2. The van der Waals surface area contributed by atoms with E-state index in [9.17, 15) is 18.0 Å².